The van der Waals surface area contributed by atoms with Crippen LogP contribution in [-0.4, -0.2) is 11.5 Å². The van der Waals surface area contributed by atoms with Gasteiger partial charge < -0.3 is 10.1 Å². The smallest absolute Gasteiger partial charge is 0.227 e. The quantitative estimate of drug-likeness (QED) is 0.761. The van der Waals surface area contributed by atoms with Gasteiger partial charge in [-0.05, 0) is 35.7 Å². The standard InChI is InChI=1S/C18H18N2O/c1-2-19-12-14-13-20-18(17-11-7-6-10-16(14)17)21-15-8-4-3-5-9-15/h3-11,13,19H,2,12H2,1H3. The van der Waals surface area contributed by atoms with Gasteiger partial charge >= 0.3 is 0 Å². The Kier molecular flexibility index (Phi) is 4.12. The van der Waals surface area contributed by atoms with Gasteiger partial charge in [0.2, 0.25) is 5.88 Å². The highest BCUT2D eigenvalue weighted by atomic mass is 16.5. The molecule has 0 radical (unpaired) electrons. The van der Waals surface area contributed by atoms with Crippen molar-refractivity contribution in [2.75, 3.05) is 6.54 Å². The molecule has 0 aliphatic heterocycles. The van der Waals surface area contributed by atoms with E-state index >= 15 is 0 Å². The number of para-hydroxylation sites is 1. The van der Waals surface area contributed by atoms with Crippen LogP contribution in [0.1, 0.15) is 12.5 Å². The van der Waals surface area contributed by atoms with Gasteiger partial charge in [0.05, 0.1) is 0 Å². The lowest BCUT2D eigenvalue weighted by Gasteiger charge is -2.11. The Morgan fingerprint density at radius 3 is 2.43 bits per heavy atom. The first-order valence-corrected chi connectivity index (χ1v) is 7.18. The maximum absolute atomic E-state index is 5.92. The predicted molar refractivity (Wildman–Crippen MR) is 85.6 cm³/mol. The van der Waals surface area contributed by atoms with Gasteiger partial charge in [-0.2, -0.15) is 0 Å². The molecular weight excluding hydrogens is 260 g/mol. The highest BCUT2D eigenvalue weighted by molar-refractivity contribution is 5.89. The second-order valence-corrected chi connectivity index (χ2v) is 4.83. The summed E-state index contributed by atoms with van der Waals surface area (Å²) in [6.45, 7) is 3.86. The highest BCUT2D eigenvalue weighted by Crippen LogP contribution is 2.29. The molecule has 0 aliphatic carbocycles. The number of ether oxygens (including phenoxy) is 1. The van der Waals surface area contributed by atoms with Crippen molar-refractivity contribution in [3.63, 3.8) is 0 Å². The number of hydrogen-bond donors (Lipinski definition) is 1. The predicted octanol–water partition coefficient (Wildman–Crippen LogP) is 4.14. The lowest BCUT2D eigenvalue weighted by Crippen LogP contribution is -2.12. The fraction of sp³-hybridized carbons (Fsp3) is 0.167. The van der Waals surface area contributed by atoms with Crippen molar-refractivity contribution in [1.29, 1.82) is 0 Å². The Hall–Kier alpha value is -2.39. The van der Waals surface area contributed by atoms with Crippen LogP contribution in [0.3, 0.4) is 0 Å². The van der Waals surface area contributed by atoms with E-state index in [1.165, 1.54) is 10.9 Å². The topological polar surface area (TPSA) is 34.2 Å². The molecule has 0 spiro atoms. The molecule has 0 aliphatic rings. The number of pyridine rings is 1. The number of aromatic nitrogens is 1. The van der Waals surface area contributed by atoms with Crippen molar-refractivity contribution in [2.45, 2.75) is 13.5 Å². The van der Waals surface area contributed by atoms with Gasteiger partial charge in [-0.3, -0.25) is 0 Å². The summed E-state index contributed by atoms with van der Waals surface area (Å²) in [6.07, 6.45) is 1.89. The van der Waals surface area contributed by atoms with Gasteiger partial charge in [0, 0.05) is 18.1 Å². The minimum absolute atomic E-state index is 0.650. The summed E-state index contributed by atoms with van der Waals surface area (Å²) >= 11 is 0. The summed E-state index contributed by atoms with van der Waals surface area (Å²) in [5.74, 6) is 1.45. The molecule has 21 heavy (non-hydrogen) atoms. The van der Waals surface area contributed by atoms with Gasteiger partial charge in [0.15, 0.2) is 0 Å². The Balaban J connectivity index is 2.00. The van der Waals surface area contributed by atoms with Crippen LogP contribution in [0.2, 0.25) is 0 Å². The lowest BCUT2D eigenvalue weighted by molar-refractivity contribution is 0.469. The lowest BCUT2D eigenvalue weighted by atomic mass is 10.1. The third-order valence-corrected chi connectivity index (χ3v) is 3.36. The van der Waals surface area contributed by atoms with Gasteiger partial charge in [-0.25, -0.2) is 4.98 Å². The van der Waals surface area contributed by atoms with Gasteiger partial charge in [-0.15, -0.1) is 0 Å². The van der Waals surface area contributed by atoms with Gasteiger partial charge in [0.25, 0.3) is 0 Å². The molecule has 3 heteroatoms. The minimum atomic E-state index is 0.650. The summed E-state index contributed by atoms with van der Waals surface area (Å²) in [5, 5.41) is 5.56. The molecule has 3 aromatic rings. The largest absolute Gasteiger partial charge is 0.438 e. The minimum Gasteiger partial charge on any atom is -0.438 e. The van der Waals surface area contributed by atoms with E-state index in [1.54, 1.807) is 0 Å². The van der Waals surface area contributed by atoms with Crippen LogP contribution in [0, 0.1) is 0 Å². The molecule has 1 N–H and O–H groups in total. The molecule has 0 bridgehead atoms. The zero-order chi connectivity index (χ0) is 14.5. The molecule has 1 aromatic heterocycles. The van der Waals surface area contributed by atoms with Crippen molar-refractivity contribution >= 4 is 10.8 Å². The zero-order valence-electron chi connectivity index (χ0n) is 12.0. The summed E-state index contributed by atoms with van der Waals surface area (Å²) < 4.78 is 5.92. The van der Waals surface area contributed by atoms with E-state index in [0.717, 1.165) is 24.2 Å². The van der Waals surface area contributed by atoms with E-state index in [-0.39, 0.29) is 0 Å². The van der Waals surface area contributed by atoms with E-state index in [2.05, 4.69) is 29.4 Å². The fourth-order valence-electron chi connectivity index (χ4n) is 2.31. The maximum Gasteiger partial charge on any atom is 0.227 e. The molecule has 3 rings (SSSR count). The summed E-state index contributed by atoms with van der Waals surface area (Å²) in [5.41, 5.74) is 1.19. The Morgan fingerprint density at radius 2 is 1.67 bits per heavy atom. The number of benzene rings is 2. The van der Waals surface area contributed by atoms with Crippen LogP contribution in [0.5, 0.6) is 11.6 Å². The SMILES string of the molecule is CCNCc1cnc(Oc2ccccc2)c2ccccc12. The van der Waals surface area contributed by atoms with Gasteiger partial charge in [0.1, 0.15) is 5.75 Å². The molecule has 3 nitrogen and oxygen atoms in total. The molecule has 2 aromatic carbocycles. The van der Waals surface area contributed by atoms with Crippen LogP contribution in [0.25, 0.3) is 10.8 Å². The number of fused-ring (bicyclic) bond motifs is 1. The molecule has 0 atom stereocenters. The summed E-state index contributed by atoms with van der Waals surface area (Å²) in [6, 6.07) is 18.0. The molecule has 0 saturated carbocycles. The third-order valence-electron chi connectivity index (χ3n) is 3.36. The van der Waals surface area contributed by atoms with Crippen molar-refractivity contribution in [2.24, 2.45) is 0 Å². The van der Waals surface area contributed by atoms with Crippen molar-refractivity contribution in [3.8, 4) is 11.6 Å². The van der Waals surface area contributed by atoms with Crippen LogP contribution in [-0.2, 0) is 6.54 Å². The number of nitrogens with zero attached hydrogens (tertiary/aromatic N) is 1. The van der Waals surface area contributed by atoms with Crippen molar-refractivity contribution < 1.29 is 4.74 Å². The number of nitrogens with one attached hydrogen (secondary N) is 1. The Morgan fingerprint density at radius 1 is 0.952 bits per heavy atom. The van der Waals surface area contributed by atoms with Crippen LogP contribution in [0.15, 0.2) is 60.8 Å². The molecule has 0 amide bonds. The first-order chi connectivity index (χ1) is 10.4. The Labute approximate surface area is 124 Å². The molecule has 0 unspecified atom stereocenters. The third kappa shape index (κ3) is 3.03. The van der Waals surface area contributed by atoms with Crippen LogP contribution in [0.4, 0.5) is 0 Å². The van der Waals surface area contributed by atoms with E-state index in [4.69, 9.17) is 4.74 Å². The zero-order valence-corrected chi connectivity index (χ0v) is 12.0. The average molecular weight is 278 g/mol. The van der Waals surface area contributed by atoms with E-state index in [0.29, 0.717) is 5.88 Å². The highest BCUT2D eigenvalue weighted by Gasteiger charge is 2.08. The normalized spacial score (nSPS) is 10.7. The molecule has 1 heterocycles. The second kappa shape index (κ2) is 6.37. The van der Waals surface area contributed by atoms with E-state index < -0.39 is 0 Å². The Bertz CT molecular complexity index is 726. The van der Waals surface area contributed by atoms with E-state index in [9.17, 15) is 0 Å². The number of hydrogen-bond acceptors (Lipinski definition) is 3. The van der Waals surface area contributed by atoms with Crippen molar-refractivity contribution in [3.05, 3.63) is 66.4 Å². The average Bonchev–Trinajstić information content (AvgIpc) is 2.55. The molecule has 0 fully saturated rings. The summed E-state index contributed by atoms with van der Waals surface area (Å²) in [4.78, 5) is 4.49. The maximum atomic E-state index is 5.92. The van der Waals surface area contributed by atoms with Crippen molar-refractivity contribution in [1.82, 2.24) is 10.3 Å². The first kappa shape index (κ1) is 13.6. The second-order valence-electron chi connectivity index (χ2n) is 4.83. The molecular formula is C18H18N2O. The molecule has 106 valence electrons. The molecule has 0 saturated heterocycles. The summed E-state index contributed by atoms with van der Waals surface area (Å²) in [7, 11) is 0. The van der Waals surface area contributed by atoms with Gasteiger partial charge in [-0.1, -0.05) is 43.3 Å². The number of rotatable bonds is 5. The van der Waals surface area contributed by atoms with Crippen LogP contribution >= 0.6 is 0 Å². The fourth-order valence-corrected chi connectivity index (χ4v) is 2.31. The first-order valence-electron chi connectivity index (χ1n) is 7.18. The van der Waals surface area contributed by atoms with Crippen LogP contribution < -0.4 is 10.1 Å². The monoisotopic (exact) mass is 278 g/mol. The van der Waals surface area contributed by atoms with E-state index in [1.807, 2.05) is 48.7 Å².